The van der Waals surface area contributed by atoms with Crippen LogP contribution < -0.4 is 35.7 Å². The molecule has 0 spiro atoms. The fraction of sp³-hybridized carbons (Fsp3) is 0.261. The standard InChI is InChI=1S/C23H26N4O7.ClH/c1-30-17-6-5-12(7-16(17)26-23(29)15(24)10-20(25)28)14-11-34-27-21(14)13-8-18(31-2)22(33-4)19(9-13)32-3;/h5-9,11,15H,10,24H2,1-4H3,(H2,25,28)(H,26,29);1H. The van der Waals surface area contributed by atoms with Gasteiger partial charge in [-0.05, 0) is 29.8 Å². The van der Waals surface area contributed by atoms with E-state index in [-0.39, 0.29) is 18.8 Å². The number of halogens is 1. The fourth-order valence-corrected chi connectivity index (χ4v) is 3.38. The van der Waals surface area contributed by atoms with Crippen LogP contribution in [0.15, 0.2) is 41.1 Å². The van der Waals surface area contributed by atoms with Crippen LogP contribution >= 0.6 is 12.4 Å². The van der Waals surface area contributed by atoms with Crippen molar-refractivity contribution >= 4 is 29.9 Å². The van der Waals surface area contributed by atoms with E-state index in [1.165, 1.54) is 34.7 Å². The fourth-order valence-electron chi connectivity index (χ4n) is 3.38. The van der Waals surface area contributed by atoms with Crippen molar-refractivity contribution in [3.63, 3.8) is 0 Å². The molecule has 3 rings (SSSR count). The lowest BCUT2D eigenvalue weighted by molar-refractivity contribution is -0.123. The Morgan fingerprint density at radius 3 is 2.14 bits per heavy atom. The molecule has 2 aromatic carbocycles. The van der Waals surface area contributed by atoms with Crippen LogP contribution in [0.3, 0.4) is 0 Å². The van der Waals surface area contributed by atoms with Gasteiger partial charge in [0.1, 0.15) is 17.7 Å². The number of nitrogens with zero attached hydrogens (tertiary/aromatic N) is 1. The third kappa shape index (κ3) is 5.94. The number of rotatable bonds is 10. The second-order valence-electron chi connectivity index (χ2n) is 7.17. The highest BCUT2D eigenvalue weighted by molar-refractivity contribution is 5.99. The van der Waals surface area contributed by atoms with Crippen molar-refractivity contribution in [2.75, 3.05) is 33.8 Å². The summed E-state index contributed by atoms with van der Waals surface area (Å²) in [5.41, 5.74) is 13.7. The number of ether oxygens (including phenoxy) is 4. The molecule has 11 nitrogen and oxygen atoms in total. The molecule has 2 amide bonds. The predicted octanol–water partition coefficient (Wildman–Crippen LogP) is 2.61. The Morgan fingerprint density at radius 1 is 0.971 bits per heavy atom. The highest BCUT2D eigenvalue weighted by Gasteiger charge is 2.21. The maximum absolute atomic E-state index is 12.4. The number of hydrogen-bond donors (Lipinski definition) is 3. The summed E-state index contributed by atoms with van der Waals surface area (Å²) in [4.78, 5) is 23.5. The first-order chi connectivity index (χ1) is 16.3. The van der Waals surface area contributed by atoms with Crippen LogP contribution in [0, 0.1) is 0 Å². The molecule has 1 heterocycles. The number of nitrogens with one attached hydrogen (secondary N) is 1. The van der Waals surface area contributed by atoms with Gasteiger partial charge in [0.05, 0.1) is 46.6 Å². The van der Waals surface area contributed by atoms with Gasteiger partial charge in [-0.1, -0.05) is 11.2 Å². The van der Waals surface area contributed by atoms with E-state index >= 15 is 0 Å². The van der Waals surface area contributed by atoms with Gasteiger partial charge in [-0.3, -0.25) is 9.59 Å². The Balaban J connectivity index is 0.00000432. The molecule has 0 saturated heterocycles. The van der Waals surface area contributed by atoms with E-state index in [1.807, 2.05) is 0 Å². The van der Waals surface area contributed by atoms with Gasteiger partial charge in [0.25, 0.3) is 0 Å². The van der Waals surface area contributed by atoms with E-state index in [0.717, 1.165) is 0 Å². The van der Waals surface area contributed by atoms with E-state index in [2.05, 4.69) is 10.5 Å². The lowest BCUT2D eigenvalue weighted by atomic mass is 10.00. The van der Waals surface area contributed by atoms with E-state index in [0.29, 0.717) is 51.1 Å². The Morgan fingerprint density at radius 2 is 1.60 bits per heavy atom. The molecule has 35 heavy (non-hydrogen) atoms. The molecule has 0 bridgehead atoms. The van der Waals surface area contributed by atoms with Crippen LogP contribution in [0.25, 0.3) is 22.4 Å². The minimum Gasteiger partial charge on any atom is -0.495 e. The first-order valence-electron chi connectivity index (χ1n) is 10.1. The minimum absolute atomic E-state index is 0. The molecule has 1 unspecified atom stereocenters. The van der Waals surface area contributed by atoms with E-state index < -0.39 is 17.9 Å². The summed E-state index contributed by atoms with van der Waals surface area (Å²) < 4.78 is 26.9. The van der Waals surface area contributed by atoms with E-state index in [9.17, 15) is 9.59 Å². The highest BCUT2D eigenvalue weighted by Crippen LogP contribution is 2.43. The molecule has 188 valence electrons. The monoisotopic (exact) mass is 506 g/mol. The second-order valence-corrected chi connectivity index (χ2v) is 7.17. The van der Waals surface area contributed by atoms with Crippen LogP contribution in [0.1, 0.15) is 6.42 Å². The van der Waals surface area contributed by atoms with Crippen LogP contribution in [0.5, 0.6) is 23.0 Å². The first kappa shape index (κ1) is 27.3. The molecule has 0 aliphatic carbocycles. The molecule has 0 radical (unpaired) electrons. The number of methoxy groups -OCH3 is 4. The van der Waals surface area contributed by atoms with Crippen molar-refractivity contribution in [1.29, 1.82) is 0 Å². The van der Waals surface area contributed by atoms with Gasteiger partial charge in [-0.25, -0.2) is 0 Å². The quantitative estimate of drug-likeness (QED) is 0.375. The maximum Gasteiger partial charge on any atom is 0.241 e. The Kier molecular flexibility index (Phi) is 9.32. The summed E-state index contributed by atoms with van der Waals surface area (Å²) in [5, 5.41) is 6.82. The molecular formula is C23H27ClN4O7. The summed E-state index contributed by atoms with van der Waals surface area (Å²) in [7, 11) is 6.02. The zero-order chi connectivity index (χ0) is 24.8. The molecule has 12 heteroatoms. The number of hydrogen-bond acceptors (Lipinski definition) is 9. The molecule has 1 atom stereocenters. The number of aromatic nitrogens is 1. The van der Waals surface area contributed by atoms with Gasteiger partial charge >= 0.3 is 0 Å². The second kappa shape index (κ2) is 12.0. The number of benzene rings is 2. The number of primary amides is 1. The van der Waals surface area contributed by atoms with Crippen LogP contribution in [-0.4, -0.2) is 51.5 Å². The Bertz CT molecular complexity index is 1170. The first-order valence-corrected chi connectivity index (χ1v) is 10.1. The summed E-state index contributed by atoms with van der Waals surface area (Å²) in [6.45, 7) is 0. The van der Waals surface area contributed by atoms with Crippen molar-refractivity contribution in [3.05, 3.63) is 36.6 Å². The van der Waals surface area contributed by atoms with Gasteiger partial charge < -0.3 is 40.3 Å². The van der Waals surface area contributed by atoms with Crippen molar-refractivity contribution in [1.82, 2.24) is 5.16 Å². The van der Waals surface area contributed by atoms with E-state index in [4.69, 9.17) is 34.9 Å². The number of nitrogens with two attached hydrogens (primary N) is 2. The van der Waals surface area contributed by atoms with Gasteiger partial charge in [0.2, 0.25) is 17.6 Å². The largest absolute Gasteiger partial charge is 0.495 e. The zero-order valence-electron chi connectivity index (χ0n) is 19.6. The van der Waals surface area contributed by atoms with Crippen LogP contribution in [0.2, 0.25) is 0 Å². The smallest absolute Gasteiger partial charge is 0.241 e. The molecule has 0 aliphatic rings. The van der Waals surface area contributed by atoms with Crippen molar-refractivity contribution < 1.29 is 33.1 Å². The predicted molar refractivity (Wildman–Crippen MR) is 131 cm³/mol. The average molecular weight is 507 g/mol. The number of amides is 2. The molecule has 5 N–H and O–H groups in total. The lowest BCUT2D eigenvalue weighted by Crippen LogP contribution is -2.39. The molecule has 1 aromatic heterocycles. The van der Waals surface area contributed by atoms with Crippen LogP contribution in [-0.2, 0) is 9.59 Å². The van der Waals surface area contributed by atoms with Crippen molar-refractivity contribution in [2.24, 2.45) is 11.5 Å². The Labute approximate surface area is 208 Å². The van der Waals surface area contributed by atoms with Gasteiger partial charge in [-0.2, -0.15) is 0 Å². The topological polar surface area (TPSA) is 161 Å². The third-order valence-electron chi connectivity index (χ3n) is 5.03. The van der Waals surface area contributed by atoms with Crippen molar-refractivity contribution in [3.8, 4) is 45.4 Å². The molecule has 0 saturated carbocycles. The average Bonchev–Trinajstić information content (AvgIpc) is 3.32. The summed E-state index contributed by atoms with van der Waals surface area (Å²) in [6.07, 6.45) is 1.19. The normalized spacial score (nSPS) is 11.1. The zero-order valence-corrected chi connectivity index (χ0v) is 20.4. The molecule has 0 fully saturated rings. The molecule has 3 aromatic rings. The number of carbonyl (C=O) groups is 2. The number of carbonyl (C=O) groups excluding carboxylic acids is 2. The Hall–Kier alpha value is -3.96. The lowest BCUT2D eigenvalue weighted by Gasteiger charge is -2.15. The summed E-state index contributed by atoms with van der Waals surface area (Å²) >= 11 is 0. The van der Waals surface area contributed by atoms with Crippen molar-refractivity contribution in [2.45, 2.75) is 12.5 Å². The minimum atomic E-state index is -1.10. The molecule has 0 aliphatic heterocycles. The third-order valence-corrected chi connectivity index (χ3v) is 5.03. The molecular weight excluding hydrogens is 480 g/mol. The van der Waals surface area contributed by atoms with Crippen LogP contribution in [0.4, 0.5) is 5.69 Å². The van der Waals surface area contributed by atoms with E-state index in [1.54, 1.807) is 30.3 Å². The summed E-state index contributed by atoms with van der Waals surface area (Å²) in [6, 6.07) is 7.54. The SMILES string of the molecule is COc1ccc(-c2conc2-c2cc(OC)c(OC)c(OC)c2)cc1NC(=O)C(N)CC(N)=O.Cl. The number of anilines is 1. The van der Waals surface area contributed by atoms with Gasteiger partial charge in [-0.15, -0.1) is 12.4 Å². The maximum atomic E-state index is 12.4. The van der Waals surface area contributed by atoms with Gasteiger partial charge in [0, 0.05) is 11.1 Å². The summed E-state index contributed by atoms with van der Waals surface area (Å²) in [5.74, 6) is 0.496. The highest BCUT2D eigenvalue weighted by atomic mass is 35.5. The van der Waals surface area contributed by atoms with Gasteiger partial charge in [0.15, 0.2) is 11.5 Å².